The van der Waals surface area contributed by atoms with Crippen LogP contribution in [0, 0.1) is 6.92 Å². The molecule has 1 amide bonds. The fourth-order valence-corrected chi connectivity index (χ4v) is 3.51. The summed E-state index contributed by atoms with van der Waals surface area (Å²) in [6.45, 7) is 4.59. The second-order valence-corrected chi connectivity index (χ2v) is 6.50. The molecule has 2 unspecified atom stereocenters. The van der Waals surface area contributed by atoms with E-state index < -0.39 is 0 Å². The highest BCUT2D eigenvalue weighted by molar-refractivity contribution is 6.35. The molecule has 2 N–H and O–H groups in total. The average Bonchev–Trinajstić information content (AvgIpc) is 2.85. The summed E-state index contributed by atoms with van der Waals surface area (Å²) >= 11 is 6.17. The number of para-hydroxylation sites is 1. The number of carbonyl (C=O) groups is 1. The van der Waals surface area contributed by atoms with Crippen molar-refractivity contribution in [3.8, 4) is 0 Å². The summed E-state index contributed by atoms with van der Waals surface area (Å²) < 4.78 is 5.81. The SMILES string of the molecule is Cc1c(C(=O)N2CCCCC2C(C)N)oc2c(Cl)cccc12. The summed E-state index contributed by atoms with van der Waals surface area (Å²) in [5, 5.41) is 1.42. The topological polar surface area (TPSA) is 59.5 Å². The lowest BCUT2D eigenvalue weighted by Crippen LogP contribution is -2.51. The van der Waals surface area contributed by atoms with Gasteiger partial charge in [-0.15, -0.1) is 0 Å². The summed E-state index contributed by atoms with van der Waals surface area (Å²) in [7, 11) is 0. The van der Waals surface area contributed by atoms with Crippen LogP contribution in [0.25, 0.3) is 11.0 Å². The van der Waals surface area contributed by atoms with Crippen LogP contribution in [0.2, 0.25) is 5.02 Å². The molecule has 0 bridgehead atoms. The maximum absolute atomic E-state index is 12.9. The molecule has 2 heterocycles. The number of carbonyl (C=O) groups excluding carboxylic acids is 1. The van der Waals surface area contributed by atoms with Crippen molar-refractivity contribution >= 4 is 28.5 Å². The summed E-state index contributed by atoms with van der Waals surface area (Å²) in [6.07, 6.45) is 3.07. The molecule has 0 saturated carbocycles. The predicted octanol–water partition coefficient (Wildman–Crippen LogP) is 3.74. The third kappa shape index (κ3) is 2.50. The molecule has 0 aliphatic carbocycles. The number of nitrogens with zero attached hydrogens (tertiary/aromatic N) is 1. The molecule has 22 heavy (non-hydrogen) atoms. The zero-order valence-electron chi connectivity index (χ0n) is 12.9. The molecule has 118 valence electrons. The monoisotopic (exact) mass is 320 g/mol. The number of benzene rings is 1. The summed E-state index contributed by atoms with van der Waals surface area (Å²) in [6, 6.07) is 5.59. The number of amides is 1. The Hall–Kier alpha value is -1.52. The third-order valence-electron chi connectivity index (χ3n) is 4.53. The number of furan rings is 1. The maximum atomic E-state index is 12.9. The molecule has 5 heteroatoms. The fourth-order valence-electron chi connectivity index (χ4n) is 3.30. The Morgan fingerprint density at radius 2 is 2.23 bits per heavy atom. The Balaban J connectivity index is 2.01. The van der Waals surface area contributed by atoms with Crippen LogP contribution in [-0.2, 0) is 0 Å². The molecular formula is C17H21ClN2O2. The van der Waals surface area contributed by atoms with Gasteiger partial charge < -0.3 is 15.1 Å². The van der Waals surface area contributed by atoms with E-state index in [-0.39, 0.29) is 18.0 Å². The first-order valence-corrected chi connectivity index (χ1v) is 8.12. The second kappa shape index (κ2) is 5.94. The lowest BCUT2D eigenvalue weighted by molar-refractivity contribution is 0.0553. The third-order valence-corrected chi connectivity index (χ3v) is 4.82. The van der Waals surface area contributed by atoms with Gasteiger partial charge in [-0.3, -0.25) is 4.79 Å². The lowest BCUT2D eigenvalue weighted by atomic mass is 9.96. The maximum Gasteiger partial charge on any atom is 0.290 e. The van der Waals surface area contributed by atoms with E-state index in [9.17, 15) is 4.79 Å². The predicted molar refractivity (Wildman–Crippen MR) is 88.3 cm³/mol. The van der Waals surface area contributed by atoms with Crippen LogP contribution < -0.4 is 5.73 Å². The van der Waals surface area contributed by atoms with Gasteiger partial charge in [-0.25, -0.2) is 0 Å². The Kier molecular flexibility index (Phi) is 4.15. The summed E-state index contributed by atoms with van der Waals surface area (Å²) in [4.78, 5) is 14.8. The Labute approximate surface area is 135 Å². The van der Waals surface area contributed by atoms with E-state index in [1.807, 2.05) is 30.9 Å². The van der Waals surface area contributed by atoms with E-state index in [0.717, 1.165) is 36.8 Å². The van der Waals surface area contributed by atoms with Crippen molar-refractivity contribution in [1.29, 1.82) is 0 Å². The Morgan fingerprint density at radius 1 is 1.45 bits per heavy atom. The van der Waals surface area contributed by atoms with Gasteiger partial charge in [0.15, 0.2) is 11.3 Å². The number of rotatable bonds is 2. The Bertz CT molecular complexity index is 708. The molecule has 2 atom stereocenters. The van der Waals surface area contributed by atoms with Crippen LogP contribution in [0.15, 0.2) is 22.6 Å². The molecule has 2 aromatic rings. The molecule has 1 saturated heterocycles. The zero-order valence-corrected chi connectivity index (χ0v) is 13.7. The van der Waals surface area contributed by atoms with E-state index in [2.05, 4.69) is 0 Å². The van der Waals surface area contributed by atoms with Gasteiger partial charge in [0, 0.05) is 29.6 Å². The van der Waals surface area contributed by atoms with Gasteiger partial charge in [0.05, 0.1) is 5.02 Å². The fraction of sp³-hybridized carbons (Fsp3) is 0.471. The molecule has 4 nitrogen and oxygen atoms in total. The normalized spacial score (nSPS) is 20.4. The van der Waals surface area contributed by atoms with Crippen molar-refractivity contribution in [2.75, 3.05) is 6.54 Å². The molecular weight excluding hydrogens is 300 g/mol. The number of likely N-dealkylation sites (tertiary alicyclic amines) is 1. The molecule has 1 aromatic heterocycles. The van der Waals surface area contributed by atoms with Gasteiger partial charge in [0.1, 0.15) is 0 Å². The first-order chi connectivity index (χ1) is 10.5. The molecule has 1 fully saturated rings. The van der Waals surface area contributed by atoms with Crippen LogP contribution in [0.5, 0.6) is 0 Å². The van der Waals surface area contributed by atoms with Crippen molar-refractivity contribution in [1.82, 2.24) is 4.90 Å². The van der Waals surface area contributed by atoms with Crippen molar-refractivity contribution in [3.63, 3.8) is 0 Å². The average molecular weight is 321 g/mol. The minimum absolute atomic E-state index is 0.0440. The smallest absolute Gasteiger partial charge is 0.290 e. The number of halogens is 1. The van der Waals surface area contributed by atoms with Crippen molar-refractivity contribution in [2.45, 2.75) is 45.2 Å². The quantitative estimate of drug-likeness (QED) is 0.917. The van der Waals surface area contributed by atoms with Crippen LogP contribution in [0.4, 0.5) is 0 Å². The van der Waals surface area contributed by atoms with Gasteiger partial charge in [0.25, 0.3) is 5.91 Å². The van der Waals surface area contributed by atoms with Crippen molar-refractivity contribution in [2.24, 2.45) is 5.73 Å². The number of hydrogen-bond donors (Lipinski definition) is 1. The van der Waals surface area contributed by atoms with Crippen LogP contribution in [-0.4, -0.2) is 29.4 Å². The molecule has 1 aliphatic rings. The zero-order chi connectivity index (χ0) is 15.9. The molecule has 0 radical (unpaired) electrons. The standard InChI is InChI=1S/C17H21ClN2O2/c1-10-12-6-5-7-13(18)16(12)22-15(10)17(21)20-9-4-3-8-14(20)11(2)19/h5-7,11,14H,3-4,8-9,19H2,1-2H3. The number of piperidine rings is 1. The van der Waals surface area contributed by atoms with E-state index in [1.165, 1.54) is 0 Å². The van der Waals surface area contributed by atoms with Crippen molar-refractivity contribution in [3.05, 3.63) is 34.5 Å². The lowest BCUT2D eigenvalue weighted by Gasteiger charge is -2.37. The highest BCUT2D eigenvalue weighted by Gasteiger charge is 2.32. The second-order valence-electron chi connectivity index (χ2n) is 6.09. The highest BCUT2D eigenvalue weighted by atomic mass is 35.5. The van der Waals surface area contributed by atoms with Crippen LogP contribution >= 0.6 is 11.6 Å². The molecule has 0 spiro atoms. The van der Waals surface area contributed by atoms with Crippen molar-refractivity contribution < 1.29 is 9.21 Å². The van der Waals surface area contributed by atoms with E-state index >= 15 is 0 Å². The van der Waals surface area contributed by atoms with Gasteiger partial charge in [0.2, 0.25) is 0 Å². The highest BCUT2D eigenvalue weighted by Crippen LogP contribution is 2.32. The Morgan fingerprint density at radius 3 is 2.91 bits per heavy atom. The van der Waals surface area contributed by atoms with Gasteiger partial charge >= 0.3 is 0 Å². The van der Waals surface area contributed by atoms with Gasteiger partial charge in [-0.1, -0.05) is 23.7 Å². The number of nitrogens with two attached hydrogens (primary N) is 1. The summed E-state index contributed by atoms with van der Waals surface area (Å²) in [5.41, 5.74) is 7.49. The molecule has 1 aromatic carbocycles. The van der Waals surface area contributed by atoms with Crippen LogP contribution in [0.1, 0.15) is 42.3 Å². The van der Waals surface area contributed by atoms with E-state index in [4.69, 9.17) is 21.8 Å². The first kappa shape index (κ1) is 15.4. The van der Waals surface area contributed by atoms with E-state index in [1.54, 1.807) is 6.07 Å². The summed E-state index contributed by atoms with van der Waals surface area (Å²) in [5.74, 6) is 0.308. The number of aryl methyl sites for hydroxylation is 1. The first-order valence-electron chi connectivity index (χ1n) is 7.75. The minimum atomic E-state index is -0.0771. The van der Waals surface area contributed by atoms with Crippen LogP contribution in [0.3, 0.4) is 0 Å². The largest absolute Gasteiger partial charge is 0.449 e. The molecule has 1 aliphatic heterocycles. The van der Waals surface area contributed by atoms with Gasteiger partial charge in [-0.05, 0) is 39.2 Å². The van der Waals surface area contributed by atoms with Gasteiger partial charge in [-0.2, -0.15) is 0 Å². The minimum Gasteiger partial charge on any atom is -0.449 e. The number of fused-ring (bicyclic) bond motifs is 1. The number of hydrogen-bond acceptors (Lipinski definition) is 3. The van der Waals surface area contributed by atoms with E-state index in [0.29, 0.717) is 16.4 Å². The molecule has 3 rings (SSSR count).